The van der Waals surface area contributed by atoms with Crippen LogP contribution in [0.1, 0.15) is 12.8 Å². The van der Waals surface area contributed by atoms with Gasteiger partial charge in [-0.05, 0) is 48.9 Å². The van der Waals surface area contributed by atoms with Gasteiger partial charge in [-0.3, -0.25) is 4.79 Å². The van der Waals surface area contributed by atoms with Crippen molar-refractivity contribution < 1.29 is 9.53 Å². The molecule has 0 saturated carbocycles. The number of carbonyl (C=O) groups excluding carboxylic acids is 1. The second-order valence-corrected chi connectivity index (χ2v) is 5.82. The van der Waals surface area contributed by atoms with Crippen LogP contribution < -0.4 is 10.1 Å². The van der Waals surface area contributed by atoms with Gasteiger partial charge < -0.3 is 10.1 Å². The van der Waals surface area contributed by atoms with Gasteiger partial charge in [0.2, 0.25) is 5.91 Å². The van der Waals surface area contributed by atoms with Crippen LogP contribution in [0.2, 0.25) is 5.02 Å². The van der Waals surface area contributed by atoms with Crippen LogP contribution in [0.25, 0.3) is 0 Å². The first-order valence-corrected chi connectivity index (χ1v) is 7.74. The lowest BCUT2D eigenvalue weighted by Gasteiger charge is -2.07. The van der Waals surface area contributed by atoms with Gasteiger partial charge in [-0.2, -0.15) is 0 Å². The maximum absolute atomic E-state index is 11.8. The van der Waals surface area contributed by atoms with Gasteiger partial charge >= 0.3 is 0 Å². The molecule has 110 valence electrons. The summed E-state index contributed by atoms with van der Waals surface area (Å²) in [5, 5.41) is 3.46. The van der Waals surface area contributed by atoms with Crippen molar-refractivity contribution in [2.24, 2.45) is 0 Å². The smallest absolute Gasteiger partial charge is 0.224 e. The minimum atomic E-state index is -0.0323. The summed E-state index contributed by atoms with van der Waals surface area (Å²) in [5.74, 6) is 0.762. The van der Waals surface area contributed by atoms with E-state index in [0.717, 1.165) is 15.9 Å². The molecule has 1 N–H and O–H groups in total. The van der Waals surface area contributed by atoms with Crippen LogP contribution in [0.3, 0.4) is 0 Å². The predicted octanol–water partition coefficient (Wildman–Crippen LogP) is 4.90. The van der Waals surface area contributed by atoms with Crippen molar-refractivity contribution in [2.45, 2.75) is 12.8 Å². The zero-order valence-electron chi connectivity index (χ0n) is 11.3. The Morgan fingerprint density at radius 1 is 1.19 bits per heavy atom. The van der Waals surface area contributed by atoms with Crippen LogP contribution in [0.5, 0.6) is 5.75 Å². The van der Waals surface area contributed by atoms with Crippen LogP contribution in [0, 0.1) is 0 Å². The van der Waals surface area contributed by atoms with Gasteiger partial charge in [0.05, 0.1) is 6.61 Å². The molecule has 0 bridgehead atoms. The fourth-order valence-corrected chi connectivity index (χ4v) is 2.24. The van der Waals surface area contributed by atoms with E-state index in [1.54, 1.807) is 24.3 Å². The predicted molar refractivity (Wildman–Crippen MR) is 89.0 cm³/mol. The summed E-state index contributed by atoms with van der Waals surface area (Å²) in [4.78, 5) is 11.8. The highest BCUT2D eigenvalue weighted by Crippen LogP contribution is 2.18. The Bertz CT molecular complexity index is 601. The average Bonchev–Trinajstić information content (AvgIpc) is 2.46. The van der Waals surface area contributed by atoms with Crippen LogP contribution in [0.4, 0.5) is 5.69 Å². The zero-order chi connectivity index (χ0) is 15.1. The number of anilines is 1. The molecule has 2 aromatic rings. The molecule has 0 aliphatic carbocycles. The lowest BCUT2D eigenvalue weighted by Crippen LogP contribution is -2.12. The van der Waals surface area contributed by atoms with E-state index in [1.165, 1.54) is 0 Å². The van der Waals surface area contributed by atoms with Crippen molar-refractivity contribution in [3.63, 3.8) is 0 Å². The summed E-state index contributed by atoms with van der Waals surface area (Å²) in [7, 11) is 0. The topological polar surface area (TPSA) is 38.3 Å². The number of ether oxygens (including phenoxy) is 1. The maximum Gasteiger partial charge on any atom is 0.224 e. The highest BCUT2D eigenvalue weighted by atomic mass is 79.9. The Balaban J connectivity index is 1.68. The average molecular weight is 369 g/mol. The van der Waals surface area contributed by atoms with Gasteiger partial charge in [0, 0.05) is 21.6 Å². The fourth-order valence-electron chi connectivity index (χ4n) is 1.74. The van der Waals surface area contributed by atoms with E-state index < -0.39 is 0 Å². The molecule has 0 aromatic heterocycles. The van der Waals surface area contributed by atoms with E-state index in [2.05, 4.69) is 21.2 Å². The summed E-state index contributed by atoms with van der Waals surface area (Å²) < 4.78 is 6.55. The lowest BCUT2D eigenvalue weighted by atomic mass is 10.2. The molecule has 0 aliphatic rings. The van der Waals surface area contributed by atoms with Crippen LogP contribution in [0.15, 0.2) is 53.0 Å². The Morgan fingerprint density at radius 2 is 1.95 bits per heavy atom. The van der Waals surface area contributed by atoms with Crippen molar-refractivity contribution in [3.05, 3.63) is 58.0 Å². The van der Waals surface area contributed by atoms with Gasteiger partial charge in [-0.25, -0.2) is 0 Å². The fraction of sp³-hybridized carbons (Fsp3) is 0.188. The van der Waals surface area contributed by atoms with E-state index in [4.69, 9.17) is 16.3 Å². The third-order valence-electron chi connectivity index (χ3n) is 2.74. The standard InChI is InChI=1S/C16H15BrClNO2/c17-12-3-1-4-15(11-12)21-10-2-5-16(20)19-14-8-6-13(18)7-9-14/h1,3-4,6-9,11H,2,5,10H2,(H,19,20). The molecule has 0 heterocycles. The molecule has 0 radical (unpaired) electrons. The Hall–Kier alpha value is -1.52. The number of nitrogens with one attached hydrogen (secondary N) is 1. The van der Waals surface area contributed by atoms with Gasteiger partial charge in [0.25, 0.3) is 0 Å². The first-order valence-electron chi connectivity index (χ1n) is 6.57. The van der Waals surface area contributed by atoms with E-state index in [9.17, 15) is 4.79 Å². The molecule has 0 saturated heterocycles. The SMILES string of the molecule is O=C(CCCOc1cccc(Br)c1)Nc1ccc(Cl)cc1. The van der Waals surface area contributed by atoms with E-state index >= 15 is 0 Å². The van der Waals surface area contributed by atoms with Crippen molar-refractivity contribution in [1.29, 1.82) is 0 Å². The molecule has 0 atom stereocenters. The van der Waals surface area contributed by atoms with Crippen LogP contribution in [-0.2, 0) is 4.79 Å². The molecule has 1 amide bonds. The number of carbonyl (C=O) groups is 1. The summed E-state index contributed by atoms with van der Waals surface area (Å²) in [6.45, 7) is 0.504. The summed E-state index contributed by atoms with van der Waals surface area (Å²) in [6, 6.07) is 14.7. The maximum atomic E-state index is 11.8. The van der Waals surface area contributed by atoms with Crippen molar-refractivity contribution >= 4 is 39.1 Å². The Kier molecular flexibility index (Phi) is 6.08. The summed E-state index contributed by atoms with van der Waals surface area (Å²) in [6.07, 6.45) is 1.07. The number of amides is 1. The first-order chi connectivity index (χ1) is 10.1. The van der Waals surface area contributed by atoms with Crippen LogP contribution in [-0.4, -0.2) is 12.5 Å². The second kappa shape index (κ2) is 8.05. The van der Waals surface area contributed by atoms with Crippen molar-refractivity contribution in [1.82, 2.24) is 0 Å². The highest BCUT2D eigenvalue weighted by molar-refractivity contribution is 9.10. The molecule has 2 rings (SSSR count). The minimum absolute atomic E-state index is 0.0323. The monoisotopic (exact) mass is 367 g/mol. The van der Waals surface area contributed by atoms with E-state index in [-0.39, 0.29) is 5.91 Å². The quantitative estimate of drug-likeness (QED) is 0.736. The van der Waals surface area contributed by atoms with Crippen molar-refractivity contribution in [2.75, 3.05) is 11.9 Å². The molecule has 0 unspecified atom stereocenters. The molecule has 0 spiro atoms. The zero-order valence-corrected chi connectivity index (χ0v) is 13.7. The molecule has 0 aliphatic heterocycles. The molecule has 2 aromatic carbocycles. The minimum Gasteiger partial charge on any atom is -0.494 e. The van der Waals surface area contributed by atoms with Gasteiger partial charge in [-0.15, -0.1) is 0 Å². The number of hydrogen-bond donors (Lipinski definition) is 1. The van der Waals surface area contributed by atoms with E-state index in [0.29, 0.717) is 24.5 Å². The Labute approximate surface area is 137 Å². The molecular weight excluding hydrogens is 354 g/mol. The summed E-state index contributed by atoms with van der Waals surface area (Å²) in [5.41, 5.74) is 0.748. The van der Waals surface area contributed by atoms with Crippen molar-refractivity contribution in [3.8, 4) is 5.75 Å². The highest BCUT2D eigenvalue weighted by Gasteiger charge is 2.03. The number of benzene rings is 2. The number of hydrogen-bond acceptors (Lipinski definition) is 2. The van der Waals surface area contributed by atoms with Gasteiger partial charge in [0.1, 0.15) is 5.75 Å². The first kappa shape index (κ1) is 15.9. The Morgan fingerprint density at radius 3 is 2.67 bits per heavy atom. The molecule has 0 fully saturated rings. The normalized spacial score (nSPS) is 10.2. The largest absolute Gasteiger partial charge is 0.494 e. The molecule has 3 nitrogen and oxygen atoms in total. The van der Waals surface area contributed by atoms with Gasteiger partial charge in [0.15, 0.2) is 0 Å². The van der Waals surface area contributed by atoms with Crippen LogP contribution >= 0.6 is 27.5 Å². The third-order valence-corrected chi connectivity index (χ3v) is 3.49. The number of halogens is 2. The van der Waals surface area contributed by atoms with Gasteiger partial charge in [-0.1, -0.05) is 33.6 Å². The molecule has 21 heavy (non-hydrogen) atoms. The molecule has 5 heteroatoms. The third kappa shape index (κ3) is 5.78. The lowest BCUT2D eigenvalue weighted by molar-refractivity contribution is -0.116. The summed E-state index contributed by atoms with van der Waals surface area (Å²) >= 11 is 9.17. The second-order valence-electron chi connectivity index (χ2n) is 4.46. The number of rotatable bonds is 6. The van der Waals surface area contributed by atoms with E-state index in [1.807, 2.05) is 24.3 Å². The molecular formula is C16H15BrClNO2.